The molecular weight excluding hydrogens is 345 g/mol. The SMILES string of the molecule is O=C(C1CC=CCC1)N1CCCC(Cc2nc(-c3ccccc3F)no2)C1. The van der Waals surface area contributed by atoms with Crippen LogP contribution in [0.25, 0.3) is 11.4 Å². The van der Waals surface area contributed by atoms with Crippen LogP contribution in [0.15, 0.2) is 40.9 Å². The molecular formula is C21H24FN3O2. The molecule has 0 N–H and O–H groups in total. The first-order valence-corrected chi connectivity index (χ1v) is 9.72. The van der Waals surface area contributed by atoms with Crippen molar-refractivity contribution >= 4 is 5.91 Å². The second-order valence-electron chi connectivity index (χ2n) is 7.47. The maximum Gasteiger partial charge on any atom is 0.227 e. The largest absolute Gasteiger partial charge is 0.342 e. The van der Waals surface area contributed by atoms with E-state index >= 15 is 0 Å². The first kappa shape index (κ1) is 17.9. The lowest BCUT2D eigenvalue weighted by molar-refractivity contribution is -0.137. The first-order chi connectivity index (χ1) is 13.2. The van der Waals surface area contributed by atoms with Gasteiger partial charge in [0, 0.05) is 25.4 Å². The fourth-order valence-electron chi connectivity index (χ4n) is 4.04. The maximum atomic E-state index is 13.9. The van der Waals surface area contributed by atoms with Crippen LogP contribution in [0.5, 0.6) is 0 Å². The smallest absolute Gasteiger partial charge is 0.227 e. The molecule has 2 heterocycles. The summed E-state index contributed by atoms with van der Waals surface area (Å²) in [4.78, 5) is 19.1. The minimum Gasteiger partial charge on any atom is -0.342 e. The molecule has 1 amide bonds. The predicted molar refractivity (Wildman–Crippen MR) is 99.2 cm³/mol. The maximum absolute atomic E-state index is 13.9. The fourth-order valence-corrected chi connectivity index (χ4v) is 4.04. The highest BCUT2D eigenvalue weighted by molar-refractivity contribution is 5.79. The number of hydrogen-bond acceptors (Lipinski definition) is 4. The normalized spacial score (nSPS) is 22.8. The summed E-state index contributed by atoms with van der Waals surface area (Å²) in [6.07, 6.45) is 9.73. The summed E-state index contributed by atoms with van der Waals surface area (Å²) in [6.45, 7) is 1.57. The molecule has 2 aromatic rings. The number of aromatic nitrogens is 2. The van der Waals surface area contributed by atoms with Crippen molar-refractivity contribution in [3.8, 4) is 11.4 Å². The number of rotatable bonds is 4. The molecule has 1 aromatic carbocycles. The summed E-state index contributed by atoms with van der Waals surface area (Å²) in [5.41, 5.74) is 0.346. The van der Waals surface area contributed by atoms with Crippen molar-refractivity contribution < 1.29 is 13.7 Å². The van der Waals surface area contributed by atoms with Crippen molar-refractivity contribution in [1.82, 2.24) is 15.0 Å². The van der Waals surface area contributed by atoms with Crippen LogP contribution < -0.4 is 0 Å². The molecule has 142 valence electrons. The number of likely N-dealkylation sites (tertiary alicyclic amines) is 1. The number of hydrogen-bond donors (Lipinski definition) is 0. The molecule has 0 radical (unpaired) electrons. The van der Waals surface area contributed by atoms with Crippen LogP contribution >= 0.6 is 0 Å². The summed E-state index contributed by atoms with van der Waals surface area (Å²) in [7, 11) is 0. The third-order valence-corrected chi connectivity index (χ3v) is 5.50. The summed E-state index contributed by atoms with van der Waals surface area (Å²) in [5.74, 6) is 1.14. The minimum absolute atomic E-state index is 0.129. The molecule has 1 aliphatic heterocycles. The van der Waals surface area contributed by atoms with E-state index < -0.39 is 0 Å². The van der Waals surface area contributed by atoms with Gasteiger partial charge in [-0.05, 0) is 50.2 Å². The van der Waals surface area contributed by atoms with Crippen molar-refractivity contribution in [2.24, 2.45) is 11.8 Å². The van der Waals surface area contributed by atoms with E-state index in [9.17, 15) is 9.18 Å². The summed E-state index contributed by atoms with van der Waals surface area (Å²) in [6, 6.07) is 6.41. The highest BCUT2D eigenvalue weighted by Gasteiger charge is 2.29. The van der Waals surface area contributed by atoms with Crippen molar-refractivity contribution in [1.29, 1.82) is 0 Å². The average molecular weight is 369 g/mol. The van der Waals surface area contributed by atoms with Gasteiger partial charge in [-0.2, -0.15) is 4.98 Å². The van der Waals surface area contributed by atoms with Gasteiger partial charge in [0.15, 0.2) is 0 Å². The van der Waals surface area contributed by atoms with Crippen molar-refractivity contribution in [3.05, 3.63) is 48.1 Å². The van der Waals surface area contributed by atoms with Crippen LogP contribution in [0.2, 0.25) is 0 Å². The second-order valence-corrected chi connectivity index (χ2v) is 7.47. The van der Waals surface area contributed by atoms with E-state index in [1.165, 1.54) is 6.07 Å². The van der Waals surface area contributed by atoms with Gasteiger partial charge < -0.3 is 9.42 Å². The molecule has 1 saturated heterocycles. The Morgan fingerprint density at radius 1 is 1.26 bits per heavy atom. The number of piperidine rings is 1. The van der Waals surface area contributed by atoms with E-state index in [-0.39, 0.29) is 23.5 Å². The van der Waals surface area contributed by atoms with Crippen LogP contribution in [0.4, 0.5) is 4.39 Å². The van der Waals surface area contributed by atoms with E-state index in [0.717, 1.165) is 45.2 Å². The Bertz CT molecular complexity index is 832. The Morgan fingerprint density at radius 2 is 2.15 bits per heavy atom. The van der Waals surface area contributed by atoms with Gasteiger partial charge >= 0.3 is 0 Å². The molecule has 27 heavy (non-hydrogen) atoms. The Balaban J connectivity index is 1.39. The Morgan fingerprint density at radius 3 is 2.96 bits per heavy atom. The molecule has 6 heteroatoms. The number of amides is 1. The predicted octanol–water partition coefficient (Wildman–Crippen LogP) is 4.01. The Labute approximate surface area is 158 Å². The molecule has 0 saturated carbocycles. The quantitative estimate of drug-likeness (QED) is 0.764. The lowest BCUT2D eigenvalue weighted by atomic mass is 9.90. The molecule has 1 aromatic heterocycles. The Hall–Kier alpha value is -2.50. The highest BCUT2D eigenvalue weighted by Crippen LogP contribution is 2.26. The van der Waals surface area contributed by atoms with Crippen LogP contribution in [-0.2, 0) is 11.2 Å². The fraction of sp³-hybridized carbons (Fsp3) is 0.476. The number of carbonyl (C=O) groups excluding carboxylic acids is 1. The van der Waals surface area contributed by atoms with Crippen molar-refractivity contribution in [2.75, 3.05) is 13.1 Å². The minimum atomic E-state index is -0.360. The van der Waals surface area contributed by atoms with Gasteiger partial charge in [0.05, 0.1) is 5.56 Å². The molecule has 0 spiro atoms. The first-order valence-electron chi connectivity index (χ1n) is 9.72. The van der Waals surface area contributed by atoms with Gasteiger partial charge in [0.2, 0.25) is 17.6 Å². The standard InChI is InChI=1S/C21H24FN3O2/c22-18-11-5-4-10-17(18)20-23-19(27-24-20)13-15-7-6-12-25(14-15)21(26)16-8-2-1-3-9-16/h1-2,4-5,10-11,15-16H,3,6-9,12-14H2. The topological polar surface area (TPSA) is 59.2 Å². The van der Waals surface area contributed by atoms with Crippen molar-refractivity contribution in [2.45, 2.75) is 38.5 Å². The molecule has 2 atom stereocenters. The number of benzene rings is 1. The third kappa shape index (κ3) is 4.10. The molecule has 2 unspecified atom stereocenters. The summed E-state index contributed by atoms with van der Waals surface area (Å²) in [5, 5.41) is 3.93. The van der Waals surface area contributed by atoms with E-state index in [1.807, 2.05) is 4.90 Å². The Kier molecular flexibility index (Phi) is 5.32. The van der Waals surface area contributed by atoms with Gasteiger partial charge in [-0.3, -0.25) is 4.79 Å². The molecule has 0 bridgehead atoms. The number of halogens is 1. The van der Waals surface area contributed by atoms with Crippen LogP contribution in [-0.4, -0.2) is 34.0 Å². The van der Waals surface area contributed by atoms with Crippen LogP contribution in [0.1, 0.15) is 38.0 Å². The van der Waals surface area contributed by atoms with Crippen LogP contribution in [0, 0.1) is 17.7 Å². The molecule has 4 rings (SSSR count). The zero-order valence-corrected chi connectivity index (χ0v) is 15.3. The van der Waals surface area contributed by atoms with E-state index in [1.54, 1.807) is 18.2 Å². The molecule has 2 aliphatic rings. The number of allylic oxidation sites excluding steroid dienone is 2. The zero-order valence-electron chi connectivity index (χ0n) is 15.3. The van der Waals surface area contributed by atoms with E-state index in [2.05, 4.69) is 22.3 Å². The monoisotopic (exact) mass is 369 g/mol. The van der Waals surface area contributed by atoms with Crippen molar-refractivity contribution in [3.63, 3.8) is 0 Å². The number of nitrogens with zero attached hydrogens (tertiary/aromatic N) is 3. The van der Waals surface area contributed by atoms with Gasteiger partial charge in [-0.1, -0.05) is 29.4 Å². The highest BCUT2D eigenvalue weighted by atomic mass is 19.1. The second kappa shape index (κ2) is 8.03. The lowest BCUT2D eigenvalue weighted by Crippen LogP contribution is -2.43. The molecule has 5 nitrogen and oxygen atoms in total. The van der Waals surface area contributed by atoms with Gasteiger partial charge in [-0.25, -0.2) is 4.39 Å². The van der Waals surface area contributed by atoms with Crippen LogP contribution in [0.3, 0.4) is 0 Å². The van der Waals surface area contributed by atoms with E-state index in [4.69, 9.17) is 4.52 Å². The van der Waals surface area contributed by atoms with Gasteiger partial charge in [-0.15, -0.1) is 0 Å². The van der Waals surface area contributed by atoms with Gasteiger partial charge in [0.1, 0.15) is 5.82 Å². The summed E-state index contributed by atoms with van der Waals surface area (Å²) < 4.78 is 19.2. The third-order valence-electron chi connectivity index (χ3n) is 5.50. The molecule has 1 aliphatic carbocycles. The molecule has 1 fully saturated rings. The van der Waals surface area contributed by atoms with E-state index in [0.29, 0.717) is 23.8 Å². The summed E-state index contributed by atoms with van der Waals surface area (Å²) >= 11 is 0. The zero-order chi connectivity index (χ0) is 18.6. The lowest BCUT2D eigenvalue weighted by Gasteiger charge is -2.35. The van der Waals surface area contributed by atoms with Gasteiger partial charge in [0.25, 0.3) is 0 Å². The average Bonchev–Trinajstić information content (AvgIpc) is 3.17. The number of carbonyl (C=O) groups is 1.